The van der Waals surface area contributed by atoms with Gasteiger partial charge in [0.2, 0.25) is 10.0 Å². The van der Waals surface area contributed by atoms with Gasteiger partial charge in [0.25, 0.3) is 0 Å². The topological polar surface area (TPSA) is 82.6 Å². The van der Waals surface area contributed by atoms with Gasteiger partial charge in [0.05, 0.1) is 11.1 Å². The number of rotatable bonds is 4. The number of carbonyl (C=O) groups is 1. The van der Waals surface area contributed by atoms with Gasteiger partial charge in [-0.3, -0.25) is 5.32 Å². The Kier molecular flexibility index (Phi) is 5.78. The Hall–Kier alpha value is -2.04. The highest BCUT2D eigenvalue weighted by molar-refractivity contribution is 7.88. The number of piperidine rings is 1. The van der Waals surface area contributed by atoms with E-state index in [-0.39, 0.29) is 17.9 Å². The third kappa shape index (κ3) is 4.82. The van der Waals surface area contributed by atoms with E-state index in [2.05, 4.69) is 10.3 Å². The number of urea groups is 1. The maximum atomic E-state index is 13.3. The van der Waals surface area contributed by atoms with Crippen LogP contribution < -0.4 is 5.32 Å². The smallest absolute Gasteiger partial charge is 0.323 e. The zero-order valence-corrected chi connectivity index (χ0v) is 16.7. The Balaban J connectivity index is 1.59. The average molecular weight is 413 g/mol. The second-order valence-electron chi connectivity index (χ2n) is 6.47. The minimum Gasteiger partial charge on any atom is -0.324 e. The van der Waals surface area contributed by atoms with Crippen LogP contribution in [-0.2, 0) is 10.0 Å². The lowest BCUT2D eigenvalue weighted by atomic mass is 10.1. The van der Waals surface area contributed by atoms with Gasteiger partial charge in [-0.25, -0.2) is 26.9 Å². The second kappa shape index (κ2) is 7.91. The van der Waals surface area contributed by atoms with Gasteiger partial charge in [0.1, 0.15) is 5.82 Å². The molecule has 2 heterocycles. The van der Waals surface area contributed by atoms with E-state index in [1.807, 2.05) is 0 Å². The van der Waals surface area contributed by atoms with E-state index in [0.29, 0.717) is 36.6 Å². The molecule has 1 aliphatic heterocycles. The highest BCUT2D eigenvalue weighted by atomic mass is 32.2. The van der Waals surface area contributed by atoms with Gasteiger partial charge in [-0.05, 0) is 30.5 Å². The fraction of sp³-hybridized carbons (Fsp3) is 0.412. The second-order valence-corrected chi connectivity index (χ2v) is 9.49. The molecule has 0 saturated carbocycles. The first-order chi connectivity index (χ1) is 12.7. The Morgan fingerprint density at radius 2 is 2.07 bits per heavy atom. The Morgan fingerprint density at radius 3 is 2.70 bits per heavy atom. The third-order valence-corrected chi connectivity index (χ3v) is 6.85. The SMILES string of the molecule is CN(C(=O)Nc1ncc(-c2cccc(F)c2)s1)C1CCN(S(C)(=O)=O)CC1. The summed E-state index contributed by atoms with van der Waals surface area (Å²) in [4.78, 5) is 19.0. The number of nitrogens with zero attached hydrogens (tertiary/aromatic N) is 3. The molecule has 1 saturated heterocycles. The molecule has 0 radical (unpaired) electrons. The number of carbonyl (C=O) groups excluding carboxylic acids is 1. The lowest BCUT2D eigenvalue weighted by Gasteiger charge is -2.35. The number of amides is 2. The zero-order valence-electron chi connectivity index (χ0n) is 15.1. The van der Waals surface area contributed by atoms with Gasteiger partial charge < -0.3 is 4.90 Å². The van der Waals surface area contributed by atoms with E-state index >= 15 is 0 Å². The maximum absolute atomic E-state index is 13.3. The summed E-state index contributed by atoms with van der Waals surface area (Å²) >= 11 is 1.27. The van der Waals surface area contributed by atoms with Crippen LogP contribution in [0.15, 0.2) is 30.5 Å². The van der Waals surface area contributed by atoms with Crippen LogP contribution in [0.3, 0.4) is 0 Å². The lowest BCUT2D eigenvalue weighted by molar-refractivity contribution is 0.174. The van der Waals surface area contributed by atoms with Crippen molar-refractivity contribution in [3.63, 3.8) is 0 Å². The van der Waals surface area contributed by atoms with E-state index in [4.69, 9.17) is 0 Å². The molecule has 1 fully saturated rings. The number of hydrogen-bond donors (Lipinski definition) is 1. The number of nitrogens with one attached hydrogen (secondary N) is 1. The van der Waals surface area contributed by atoms with Crippen molar-refractivity contribution in [2.75, 3.05) is 31.7 Å². The van der Waals surface area contributed by atoms with E-state index in [0.717, 1.165) is 4.88 Å². The summed E-state index contributed by atoms with van der Waals surface area (Å²) in [5.41, 5.74) is 0.703. The monoisotopic (exact) mass is 412 g/mol. The summed E-state index contributed by atoms with van der Waals surface area (Å²) in [5.74, 6) is -0.327. The minimum absolute atomic E-state index is 0.0364. The van der Waals surface area contributed by atoms with E-state index in [1.54, 1.807) is 30.3 Å². The molecule has 1 aromatic carbocycles. The van der Waals surface area contributed by atoms with Crippen LogP contribution in [0.1, 0.15) is 12.8 Å². The highest BCUT2D eigenvalue weighted by Gasteiger charge is 2.29. The molecule has 7 nitrogen and oxygen atoms in total. The van der Waals surface area contributed by atoms with Crippen molar-refractivity contribution in [2.45, 2.75) is 18.9 Å². The number of thiazole rings is 1. The summed E-state index contributed by atoms with van der Waals surface area (Å²) in [5, 5.41) is 3.18. The Bertz CT molecular complexity index is 924. The molecule has 146 valence electrons. The molecule has 0 unspecified atom stereocenters. The van der Waals surface area contributed by atoms with Crippen molar-refractivity contribution in [3.8, 4) is 10.4 Å². The average Bonchev–Trinajstić information content (AvgIpc) is 3.09. The molecule has 27 heavy (non-hydrogen) atoms. The van der Waals surface area contributed by atoms with Crippen LogP contribution >= 0.6 is 11.3 Å². The Labute approximate surface area is 161 Å². The number of anilines is 1. The largest absolute Gasteiger partial charge is 0.324 e. The molecule has 1 aliphatic rings. The molecule has 0 atom stereocenters. The van der Waals surface area contributed by atoms with Crippen LogP contribution in [0, 0.1) is 5.82 Å². The molecule has 1 aromatic heterocycles. The first kappa shape index (κ1) is 19.7. The number of benzene rings is 1. The molecular weight excluding hydrogens is 391 g/mol. The molecule has 2 aromatic rings. The van der Waals surface area contributed by atoms with Crippen molar-refractivity contribution in [2.24, 2.45) is 0 Å². The summed E-state index contributed by atoms with van der Waals surface area (Å²) in [6.45, 7) is 0.810. The number of aromatic nitrogens is 1. The van der Waals surface area contributed by atoms with Crippen LogP contribution in [0.2, 0.25) is 0 Å². The fourth-order valence-electron chi connectivity index (χ4n) is 3.01. The van der Waals surface area contributed by atoms with Crippen molar-refractivity contribution in [1.82, 2.24) is 14.2 Å². The molecule has 2 amide bonds. The van der Waals surface area contributed by atoms with Gasteiger partial charge in [0, 0.05) is 32.4 Å². The first-order valence-electron chi connectivity index (χ1n) is 8.45. The van der Waals surface area contributed by atoms with Gasteiger partial charge in [-0.2, -0.15) is 0 Å². The number of halogens is 1. The standard InChI is InChI=1S/C17H21FN4O3S2/c1-21(14-6-8-22(9-7-14)27(2,24)25)17(23)20-16-19-11-15(26-16)12-4-3-5-13(18)10-12/h3-5,10-11,14H,6-9H2,1-2H3,(H,19,20,23). The third-order valence-electron chi connectivity index (χ3n) is 4.59. The predicted molar refractivity (Wildman–Crippen MR) is 104 cm³/mol. The van der Waals surface area contributed by atoms with E-state index < -0.39 is 10.0 Å². The first-order valence-corrected chi connectivity index (χ1v) is 11.1. The van der Waals surface area contributed by atoms with Crippen LogP contribution in [0.5, 0.6) is 0 Å². The summed E-state index contributed by atoms with van der Waals surface area (Å²) in [6.07, 6.45) is 3.97. The molecular formula is C17H21FN4O3S2. The molecule has 10 heteroatoms. The molecule has 0 spiro atoms. The van der Waals surface area contributed by atoms with Crippen molar-refractivity contribution >= 4 is 32.5 Å². The molecule has 1 N–H and O–H groups in total. The van der Waals surface area contributed by atoms with Crippen molar-refractivity contribution < 1.29 is 17.6 Å². The molecule has 0 aliphatic carbocycles. The van der Waals surface area contributed by atoms with Gasteiger partial charge in [-0.1, -0.05) is 23.5 Å². The van der Waals surface area contributed by atoms with Crippen molar-refractivity contribution in [1.29, 1.82) is 0 Å². The minimum atomic E-state index is -3.19. The zero-order chi connectivity index (χ0) is 19.6. The summed E-state index contributed by atoms with van der Waals surface area (Å²) in [6, 6.07) is 5.86. The van der Waals surface area contributed by atoms with Crippen LogP contribution in [0.25, 0.3) is 10.4 Å². The lowest BCUT2D eigenvalue weighted by Crippen LogP contribution is -2.48. The van der Waals surface area contributed by atoms with Gasteiger partial charge in [0.15, 0.2) is 5.13 Å². The molecule has 3 rings (SSSR count). The normalized spacial score (nSPS) is 16.3. The van der Waals surface area contributed by atoms with Crippen molar-refractivity contribution in [3.05, 3.63) is 36.3 Å². The van der Waals surface area contributed by atoms with E-state index in [1.165, 1.54) is 34.0 Å². The van der Waals surface area contributed by atoms with Crippen LogP contribution in [-0.4, -0.2) is 61.1 Å². The summed E-state index contributed by atoms with van der Waals surface area (Å²) < 4.78 is 37.9. The van der Waals surface area contributed by atoms with Gasteiger partial charge in [-0.15, -0.1) is 0 Å². The number of sulfonamides is 1. The predicted octanol–water partition coefficient (Wildman–Crippen LogP) is 2.84. The highest BCUT2D eigenvalue weighted by Crippen LogP contribution is 2.29. The number of hydrogen-bond acceptors (Lipinski definition) is 5. The maximum Gasteiger partial charge on any atom is 0.323 e. The fourth-order valence-corrected chi connectivity index (χ4v) is 4.69. The van der Waals surface area contributed by atoms with Gasteiger partial charge >= 0.3 is 6.03 Å². The summed E-state index contributed by atoms with van der Waals surface area (Å²) in [7, 11) is -1.50. The quantitative estimate of drug-likeness (QED) is 0.837. The molecule has 0 bridgehead atoms. The Morgan fingerprint density at radius 1 is 1.37 bits per heavy atom. The van der Waals surface area contributed by atoms with Crippen LogP contribution in [0.4, 0.5) is 14.3 Å². The van der Waals surface area contributed by atoms with E-state index in [9.17, 15) is 17.6 Å².